The van der Waals surface area contributed by atoms with Gasteiger partial charge in [-0.25, -0.2) is 4.98 Å². The molecule has 7 nitrogen and oxygen atoms in total. The van der Waals surface area contributed by atoms with Crippen LogP contribution in [0.3, 0.4) is 0 Å². The summed E-state index contributed by atoms with van der Waals surface area (Å²) in [6, 6.07) is 1.99. The number of nitrogens with zero attached hydrogens (tertiary/aromatic N) is 4. The van der Waals surface area contributed by atoms with Crippen LogP contribution in [0, 0.1) is 6.92 Å². The summed E-state index contributed by atoms with van der Waals surface area (Å²) in [6.45, 7) is 3.75. The van der Waals surface area contributed by atoms with Gasteiger partial charge in [0.25, 0.3) is 0 Å². The van der Waals surface area contributed by atoms with Crippen LogP contribution in [-0.4, -0.2) is 40.2 Å². The summed E-state index contributed by atoms with van der Waals surface area (Å²) < 4.78 is 6.06. The van der Waals surface area contributed by atoms with E-state index in [1.54, 1.807) is 30.8 Å². The van der Waals surface area contributed by atoms with Gasteiger partial charge in [0.1, 0.15) is 5.82 Å². The fourth-order valence-corrected chi connectivity index (χ4v) is 2.81. The molecule has 3 aromatic heterocycles. The van der Waals surface area contributed by atoms with Crippen molar-refractivity contribution in [2.75, 3.05) is 30.9 Å². The van der Waals surface area contributed by atoms with Gasteiger partial charge < -0.3 is 15.4 Å². The third-order valence-electron chi connectivity index (χ3n) is 3.16. The van der Waals surface area contributed by atoms with Crippen molar-refractivity contribution in [3.63, 3.8) is 0 Å². The van der Waals surface area contributed by atoms with E-state index >= 15 is 0 Å². The van der Waals surface area contributed by atoms with Gasteiger partial charge in [-0.15, -0.1) is 11.3 Å². The lowest BCUT2D eigenvalue weighted by molar-refractivity contribution is 0.210. The topological polar surface area (TPSA) is 84.9 Å². The number of fused-ring (bicyclic) bond motifs is 1. The molecule has 120 valence electrons. The lowest BCUT2D eigenvalue weighted by Crippen LogP contribution is -2.12. The summed E-state index contributed by atoms with van der Waals surface area (Å²) in [4.78, 5) is 17.6. The van der Waals surface area contributed by atoms with Crippen molar-refractivity contribution in [1.29, 1.82) is 0 Å². The fourth-order valence-electron chi connectivity index (χ4n) is 2.01. The van der Waals surface area contributed by atoms with Gasteiger partial charge in [-0.05, 0) is 18.4 Å². The molecule has 0 aliphatic carbocycles. The predicted molar refractivity (Wildman–Crippen MR) is 91.9 cm³/mol. The molecule has 0 saturated carbocycles. The van der Waals surface area contributed by atoms with Crippen LogP contribution in [0.15, 0.2) is 23.8 Å². The Morgan fingerprint density at radius 1 is 1.17 bits per heavy atom. The van der Waals surface area contributed by atoms with E-state index in [0.717, 1.165) is 27.4 Å². The Bertz CT molecular complexity index is 773. The van der Waals surface area contributed by atoms with Crippen LogP contribution in [0.25, 0.3) is 10.2 Å². The van der Waals surface area contributed by atoms with Crippen LogP contribution in [0.5, 0.6) is 0 Å². The zero-order valence-electron chi connectivity index (χ0n) is 13.0. The largest absolute Gasteiger partial charge is 0.383 e. The maximum atomic E-state index is 5.03. The average molecular weight is 330 g/mol. The van der Waals surface area contributed by atoms with Gasteiger partial charge in [0.2, 0.25) is 5.95 Å². The van der Waals surface area contributed by atoms with E-state index in [2.05, 4.69) is 30.6 Å². The molecule has 3 heterocycles. The van der Waals surface area contributed by atoms with E-state index in [-0.39, 0.29) is 0 Å². The predicted octanol–water partition coefficient (Wildman–Crippen LogP) is 2.46. The first kappa shape index (κ1) is 15.6. The number of ether oxygens (including phenoxy) is 1. The van der Waals surface area contributed by atoms with E-state index in [4.69, 9.17) is 4.74 Å². The highest BCUT2D eigenvalue weighted by molar-refractivity contribution is 7.17. The van der Waals surface area contributed by atoms with Gasteiger partial charge in [-0.3, -0.25) is 9.97 Å². The highest BCUT2D eigenvalue weighted by atomic mass is 32.1. The molecule has 0 aliphatic rings. The average Bonchev–Trinajstić information content (AvgIpc) is 3.03. The monoisotopic (exact) mass is 330 g/mol. The maximum Gasteiger partial charge on any atom is 0.225 e. The first-order valence-corrected chi connectivity index (χ1v) is 8.13. The van der Waals surface area contributed by atoms with Crippen molar-refractivity contribution in [3.8, 4) is 0 Å². The van der Waals surface area contributed by atoms with E-state index in [1.807, 2.05) is 18.4 Å². The minimum atomic E-state index is 0.564. The Morgan fingerprint density at radius 2 is 2.09 bits per heavy atom. The number of thiophene rings is 1. The zero-order chi connectivity index (χ0) is 16.1. The number of nitrogens with one attached hydrogen (secondary N) is 2. The lowest BCUT2D eigenvalue weighted by atomic mass is 10.4. The van der Waals surface area contributed by atoms with Crippen LogP contribution in [-0.2, 0) is 11.3 Å². The standard InChI is InChI=1S/C15H18N6OS/c1-10-7-18-11(8-17-10)9-19-14-13-12(3-6-23-13)20-15(21-14)16-4-5-22-2/h3,6-8H,4-5,9H2,1-2H3,(H2,16,19,20,21). The van der Waals surface area contributed by atoms with Gasteiger partial charge in [-0.2, -0.15) is 4.98 Å². The summed E-state index contributed by atoms with van der Waals surface area (Å²) in [5, 5.41) is 8.50. The molecule has 3 rings (SSSR count). The molecular formula is C15H18N6OS. The summed E-state index contributed by atoms with van der Waals surface area (Å²) in [5.41, 5.74) is 2.69. The smallest absolute Gasteiger partial charge is 0.225 e. The van der Waals surface area contributed by atoms with E-state index in [1.165, 1.54) is 0 Å². The lowest BCUT2D eigenvalue weighted by Gasteiger charge is -2.09. The summed E-state index contributed by atoms with van der Waals surface area (Å²) in [7, 11) is 1.67. The Balaban J connectivity index is 1.77. The van der Waals surface area contributed by atoms with Crippen molar-refractivity contribution >= 4 is 33.3 Å². The van der Waals surface area contributed by atoms with E-state index < -0.39 is 0 Å². The Kier molecular flexibility index (Phi) is 4.94. The third kappa shape index (κ3) is 3.91. The minimum Gasteiger partial charge on any atom is -0.383 e. The second-order valence-electron chi connectivity index (χ2n) is 4.95. The fraction of sp³-hybridized carbons (Fsp3) is 0.333. The number of rotatable bonds is 7. The molecule has 0 aliphatic heterocycles. The molecule has 3 aromatic rings. The molecular weight excluding hydrogens is 312 g/mol. The van der Waals surface area contributed by atoms with Crippen molar-refractivity contribution in [1.82, 2.24) is 19.9 Å². The first-order chi connectivity index (χ1) is 11.3. The molecule has 0 fully saturated rings. The highest BCUT2D eigenvalue weighted by Crippen LogP contribution is 2.27. The molecule has 0 amide bonds. The maximum absolute atomic E-state index is 5.03. The number of hydrogen-bond acceptors (Lipinski definition) is 8. The molecule has 0 saturated heterocycles. The number of methoxy groups -OCH3 is 1. The SMILES string of the molecule is COCCNc1nc(NCc2cnc(C)cn2)c2sccc2n1. The van der Waals surface area contributed by atoms with Crippen molar-refractivity contribution in [2.45, 2.75) is 13.5 Å². The normalized spacial score (nSPS) is 10.9. The number of aryl methyl sites for hydroxylation is 1. The number of hydrogen-bond donors (Lipinski definition) is 2. The number of anilines is 2. The number of aromatic nitrogens is 4. The second-order valence-corrected chi connectivity index (χ2v) is 5.87. The molecule has 2 N–H and O–H groups in total. The van der Waals surface area contributed by atoms with Gasteiger partial charge in [0.05, 0.1) is 41.0 Å². The van der Waals surface area contributed by atoms with Crippen LogP contribution in [0.1, 0.15) is 11.4 Å². The van der Waals surface area contributed by atoms with Crippen LogP contribution in [0.4, 0.5) is 11.8 Å². The molecule has 0 spiro atoms. The van der Waals surface area contributed by atoms with Gasteiger partial charge >= 0.3 is 0 Å². The van der Waals surface area contributed by atoms with Gasteiger partial charge in [0, 0.05) is 19.9 Å². The Hall–Kier alpha value is -2.32. The van der Waals surface area contributed by atoms with Crippen LogP contribution in [0.2, 0.25) is 0 Å². The third-order valence-corrected chi connectivity index (χ3v) is 4.07. The Labute approximate surface area is 138 Å². The highest BCUT2D eigenvalue weighted by Gasteiger charge is 2.09. The minimum absolute atomic E-state index is 0.564. The quantitative estimate of drug-likeness (QED) is 0.644. The molecule has 23 heavy (non-hydrogen) atoms. The molecule has 0 aromatic carbocycles. The summed E-state index contributed by atoms with van der Waals surface area (Å²) in [5.74, 6) is 1.39. The molecule has 0 radical (unpaired) electrons. The zero-order valence-corrected chi connectivity index (χ0v) is 13.9. The molecule has 8 heteroatoms. The first-order valence-electron chi connectivity index (χ1n) is 7.25. The molecule has 0 bridgehead atoms. The molecule has 0 unspecified atom stereocenters. The molecule has 0 atom stereocenters. The second kappa shape index (κ2) is 7.30. The van der Waals surface area contributed by atoms with Gasteiger partial charge in [-0.1, -0.05) is 0 Å². The Morgan fingerprint density at radius 3 is 2.87 bits per heavy atom. The van der Waals surface area contributed by atoms with E-state index in [0.29, 0.717) is 25.6 Å². The van der Waals surface area contributed by atoms with Crippen LogP contribution < -0.4 is 10.6 Å². The summed E-state index contributed by atoms with van der Waals surface area (Å²) >= 11 is 1.61. The van der Waals surface area contributed by atoms with Crippen molar-refractivity contribution < 1.29 is 4.74 Å². The van der Waals surface area contributed by atoms with Crippen molar-refractivity contribution in [2.24, 2.45) is 0 Å². The van der Waals surface area contributed by atoms with E-state index in [9.17, 15) is 0 Å². The van der Waals surface area contributed by atoms with Crippen molar-refractivity contribution in [3.05, 3.63) is 35.2 Å². The summed E-state index contributed by atoms with van der Waals surface area (Å²) in [6.07, 6.45) is 3.53. The van der Waals surface area contributed by atoms with Gasteiger partial charge in [0.15, 0.2) is 0 Å². The van der Waals surface area contributed by atoms with Crippen LogP contribution >= 0.6 is 11.3 Å².